The molecule has 96 valence electrons. The number of nitrogens with zero attached hydrogens (tertiary/aromatic N) is 1. The lowest BCUT2D eigenvalue weighted by atomic mass is 9.84. The molecule has 0 radical (unpaired) electrons. The number of rotatable bonds is 4. The molecule has 5 heteroatoms. The van der Waals surface area contributed by atoms with E-state index >= 15 is 0 Å². The van der Waals surface area contributed by atoms with Crippen molar-refractivity contribution in [2.75, 3.05) is 13.2 Å². The minimum Gasteiger partial charge on any atom is -0.392 e. The summed E-state index contributed by atoms with van der Waals surface area (Å²) < 4.78 is 0. The molecule has 0 saturated heterocycles. The van der Waals surface area contributed by atoms with E-state index in [0.717, 1.165) is 16.9 Å². The summed E-state index contributed by atoms with van der Waals surface area (Å²) in [6, 6.07) is 0.0905. The first-order chi connectivity index (χ1) is 8.67. The molecular weight excluding hydrogens is 230 g/mol. The smallest absolute Gasteiger partial charge is 0.243 e. The summed E-state index contributed by atoms with van der Waals surface area (Å²) in [6.45, 7) is 5.80. The molecule has 0 spiro atoms. The molecule has 3 N–H and O–H groups in total. The molecule has 2 unspecified atom stereocenters. The Kier molecular flexibility index (Phi) is 3.62. The Labute approximate surface area is 106 Å². The number of hydrogen-bond acceptors (Lipinski definition) is 4. The number of hydrazone groups is 1. The summed E-state index contributed by atoms with van der Waals surface area (Å²) in [7, 11) is 0. The van der Waals surface area contributed by atoms with Gasteiger partial charge < -0.3 is 15.8 Å². The van der Waals surface area contributed by atoms with Crippen LogP contribution in [0.15, 0.2) is 41.1 Å². The molecule has 0 aromatic heterocycles. The standard InChI is InChI=1S/C13H17N3O2/c1-3-11(18)14-6-10-12-9(7-17)5-4-8(2)13(12)16-15-10/h3-5,8,13,16-17H,1,6-7H2,2H3,(H,14,18). The summed E-state index contributed by atoms with van der Waals surface area (Å²) >= 11 is 0. The van der Waals surface area contributed by atoms with Crippen LogP contribution in [0.2, 0.25) is 0 Å². The largest absolute Gasteiger partial charge is 0.392 e. The number of carbonyl (C=O) groups is 1. The van der Waals surface area contributed by atoms with Crippen molar-refractivity contribution in [2.45, 2.75) is 13.0 Å². The van der Waals surface area contributed by atoms with Crippen LogP contribution in [0.5, 0.6) is 0 Å². The van der Waals surface area contributed by atoms with Gasteiger partial charge in [-0.05, 0) is 11.6 Å². The number of amides is 1. The zero-order valence-corrected chi connectivity index (χ0v) is 10.3. The molecule has 1 aliphatic heterocycles. The Morgan fingerprint density at radius 1 is 1.72 bits per heavy atom. The van der Waals surface area contributed by atoms with Crippen molar-refractivity contribution >= 4 is 11.6 Å². The van der Waals surface area contributed by atoms with Crippen LogP contribution in [0.3, 0.4) is 0 Å². The van der Waals surface area contributed by atoms with Crippen LogP contribution in [0, 0.1) is 5.92 Å². The number of aliphatic hydroxyl groups is 1. The van der Waals surface area contributed by atoms with Gasteiger partial charge in [0.1, 0.15) is 0 Å². The molecule has 1 aliphatic carbocycles. The number of hydrogen-bond donors (Lipinski definition) is 3. The van der Waals surface area contributed by atoms with Gasteiger partial charge in [0.25, 0.3) is 0 Å². The van der Waals surface area contributed by atoms with Crippen molar-refractivity contribution in [1.29, 1.82) is 0 Å². The Balaban J connectivity index is 2.17. The van der Waals surface area contributed by atoms with E-state index in [2.05, 4.69) is 29.3 Å². The lowest BCUT2D eigenvalue weighted by molar-refractivity contribution is -0.116. The second-order valence-electron chi connectivity index (χ2n) is 4.40. The van der Waals surface area contributed by atoms with Gasteiger partial charge in [-0.1, -0.05) is 25.7 Å². The van der Waals surface area contributed by atoms with E-state index in [4.69, 9.17) is 0 Å². The van der Waals surface area contributed by atoms with E-state index in [9.17, 15) is 9.90 Å². The second kappa shape index (κ2) is 5.18. The van der Waals surface area contributed by atoms with Crippen LogP contribution in [-0.2, 0) is 4.79 Å². The Morgan fingerprint density at radius 2 is 2.50 bits per heavy atom. The highest BCUT2D eigenvalue weighted by atomic mass is 16.3. The highest BCUT2D eigenvalue weighted by molar-refractivity contribution is 6.07. The Morgan fingerprint density at radius 3 is 3.17 bits per heavy atom. The first kappa shape index (κ1) is 12.6. The SMILES string of the molecule is C=CC(=O)NCC1=NNC2C1=C(CO)C=CC2C. The number of aliphatic hydroxyl groups excluding tert-OH is 1. The topological polar surface area (TPSA) is 73.7 Å². The average molecular weight is 247 g/mol. The van der Waals surface area contributed by atoms with Gasteiger partial charge in [0, 0.05) is 11.5 Å². The van der Waals surface area contributed by atoms with Crippen molar-refractivity contribution < 1.29 is 9.90 Å². The van der Waals surface area contributed by atoms with Gasteiger partial charge in [0.05, 0.1) is 24.9 Å². The molecule has 0 saturated carbocycles. The van der Waals surface area contributed by atoms with E-state index < -0.39 is 0 Å². The fourth-order valence-corrected chi connectivity index (χ4v) is 2.20. The zero-order valence-electron chi connectivity index (χ0n) is 10.3. The maximum absolute atomic E-state index is 11.2. The third kappa shape index (κ3) is 2.22. The summed E-state index contributed by atoms with van der Waals surface area (Å²) in [5, 5.41) is 16.3. The van der Waals surface area contributed by atoms with Gasteiger partial charge in [-0.2, -0.15) is 5.10 Å². The van der Waals surface area contributed by atoms with Gasteiger partial charge >= 0.3 is 0 Å². The van der Waals surface area contributed by atoms with Crippen LogP contribution in [-0.4, -0.2) is 35.9 Å². The molecule has 0 aromatic rings. The van der Waals surface area contributed by atoms with E-state index in [1.54, 1.807) is 0 Å². The minimum atomic E-state index is -0.230. The van der Waals surface area contributed by atoms with E-state index in [0.29, 0.717) is 12.5 Å². The predicted octanol–water partition coefficient (Wildman–Crippen LogP) is 0.111. The van der Waals surface area contributed by atoms with Crippen molar-refractivity contribution in [3.8, 4) is 0 Å². The molecule has 18 heavy (non-hydrogen) atoms. The Hall–Kier alpha value is -1.88. The monoisotopic (exact) mass is 247 g/mol. The molecule has 0 bridgehead atoms. The van der Waals surface area contributed by atoms with Gasteiger partial charge in [0.2, 0.25) is 5.91 Å². The van der Waals surface area contributed by atoms with Crippen molar-refractivity contribution in [2.24, 2.45) is 11.0 Å². The molecular formula is C13H17N3O2. The molecule has 1 heterocycles. The highest BCUT2D eigenvalue weighted by Gasteiger charge is 2.32. The highest BCUT2D eigenvalue weighted by Crippen LogP contribution is 2.28. The van der Waals surface area contributed by atoms with E-state index in [1.807, 2.05) is 12.2 Å². The van der Waals surface area contributed by atoms with Gasteiger partial charge in [0.15, 0.2) is 0 Å². The number of fused-ring (bicyclic) bond motifs is 1. The fraction of sp³-hybridized carbons (Fsp3) is 0.385. The van der Waals surface area contributed by atoms with Gasteiger partial charge in [-0.25, -0.2) is 0 Å². The van der Waals surface area contributed by atoms with Crippen molar-refractivity contribution in [1.82, 2.24) is 10.7 Å². The van der Waals surface area contributed by atoms with Crippen LogP contribution < -0.4 is 10.7 Å². The van der Waals surface area contributed by atoms with E-state index in [-0.39, 0.29) is 18.6 Å². The normalized spacial score (nSPS) is 25.3. The maximum Gasteiger partial charge on any atom is 0.243 e. The summed E-state index contributed by atoms with van der Waals surface area (Å²) in [6.07, 6.45) is 5.20. The van der Waals surface area contributed by atoms with Crippen LogP contribution in [0.1, 0.15) is 6.92 Å². The third-order valence-electron chi connectivity index (χ3n) is 3.22. The summed E-state index contributed by atoms with van der Waals surface area (Å²) in [4.78, 5) is 11.2. The first-order valence-corrected chi connectivity index (χ1v) is 5.92. The van der Waals surface area contributed by atoms with Crippen LogP contribution >= 0.6 is 0 Å². The van der Waals surface area contributed by atoms with Crippen molar-refractivity contribution in [3.05, 3.63) is 36.0 Å². The van der Waals surface area contributed by atoms with Gasteiger partial charge in [-0.15, -0.1) is 0 Å². The summed E-state index contributed by atoms with van der Waals surface area (Å²) in [5.74, 6) is 0.0818. The molecule has 0 fully saturated rings. The molecule has 0 aromatic carbocycles. The maximum atomic E-state index is 11.2. The fourth-order valence-electron chi connectivity index (χ4n) is 2.20. The molecule has 1 amide bonds. The van der Waals surface area contributed by atoms with Crippen molar-refractivity contribution in [3.63, 3.8) is 0 Å². The lowest BCUT2D eigenvalue weighted by Crippen LogP contribution is -2.34. The zero-order chi connectivity index (χ0) is 13.1. The Bertz CT molecular complexity index is 463. The van der Waals surface area contributed by atoms with Crippen LogP contribution in [0.4, 0.5) is 0 Å². The molecule has 2 rings (SSSR count). The number of carbonyl (C=O) groups excluding carboxylic acids is 1. The third-order valence-corrected chi connectivity index (χ3v) is 3.22. The minimum absolute atomic E-state index is 0.0227. The lowest BCUT2D eigenvalue weighted by Gasteiger charge is -2.24. The summed E-state index contributed by atoms with van der Waals surface area (Å²) in [5.41, 5.74) is 5.68. The van der Waals surface area contributed by atoms with E-state index in [1.165, 1.54) is 6.08 Å². The van der Waals surface area contributed by atoms with Gasteiger partial charge in [-0.3, -0.25) is 4.79 Å². The predicted molar refractivity (Wildman–Crippen MR) is 70.0 cm³/mol. The molecule has 5 nitrogen and oxygen atoms in total. The first-order valence-electron chi connectivity index (χ1n) is 5.92. The molecule has 2 aliphatic rings. The number of nitrogens with one attached hydrogen (secondary N) is 2. The quantitative estimate of drug-likeness (QED) is 0.617. The second-order valence-corrected chi connectivity index (χ2v) is 4.40. The average Bonchev–Trinajstić information content (AvgIpc) is 2.81. The molecule has 2 atom stereocenters. The van der Waals surface area contributed by atoms with Crippen LogP contribution in [0.25, 0.3) is 0 Å².